The number of thiophene rings is 1. The van der Waals surface area contributed by atoms with E-state index in [0.717, 1.165) is 10.6 Å². The van der Waals surface area contributed by atoms with Gasteiger partial charge in [-0.1, -0.05) is 6.07 Å². The second-order valence-electron chi connectivity index (χ2n) is 4.89. The third-order valence-electron chi connectivity index (χ3n) is 3.55. The predicted octanol–water partition coefficient (Wildman–Crippen LogP) is 1.54. The summed E-state index contributed by atoms with van der Waals surface area (Å²) >= 11 is 1.62. The molecular weight excluding hydrogens is 274 g/mol. The van der Waals surface area contributed by atoms with E-state index in [2.05, 4.69) is 5.10 Å². The number of fused-ring (bicyclic) bond motifs is 1. The van der Waals surface area contributed by atoms with Crippen molar-refractivity contribution in [3.63, 3.8) is 0 Å². The van der Waals surface area contributed by atoms with Crippen molar-refractivity contribution in [2.75, 3.05) is 13.7 Å². The minimum absolute atomic E-state index is 0.0107. The van der Waals surface area contributed by atoms with Crippen LogP contribution in [0, 0.1) is 0 Å². The SMILES string of the molecule is COC1CN(C(=O)Cc2cccs2)Cc2ccnn2C1. The molecule has 2 aromatic rings. The summed E-state index contributed by atoms with van der Waals surface area (Å²) in [6.45, 7) is 1.91. The molecule has 2 aromatic heterocycles. The summed E-state index contributed by atoms with van der Waals surface area (Å²) in [5.74, 6) is 0.143. The first-order valence-corrected chi connectivity index (χ1v) is 7.48. The highest BCUT2D eigenvalue weighted by molar-refractivity contribution is 7.10. The molecule has 1 atom stereocenters. The zero-order chi connectivity index (χ0) is 13.9. The highest BCUT2D eigenvalue weighted by Crippen LogP contribution is 2.16. The highest BCUT2D eigenvalue weighted by atomic mass is 32.1. The van der Waals surface area contributed by atoms with Gasteiger partial charge in [0.1, 0.15) is 0 Å². The molecule has 0 radical (unpaired) electrons. The van der Waals surface area contributed by atoms with E-state index >= 15 is 0 Å². The van der Waals surface area contributed by atoms with Gasteiger partial charge in [0.2, 0.25) is 5.91 Å². The second-order valence-corrected chi connectivity index (χ2v) is 5.93. The van der Waals surface area contributed by atoms with E-state index < -0.39 is 0 Å². The molecule has 20 heavy (non-hydrogen) atoms. The summed E-state index contributed by atoms with van der Waals surface area (Å²) in [7, 11) is 1.68. The Morgan fingerprint density at radius 1 is 1.50 bits per heavy atom. The number of methoxy groups -OCH3 is 1. The molecule has 0 spiro atoms. The number of hydrogen-bond acceptors (Lipinski definition) is 4. The molecule has 5 nitrogen and oxygen atoms in total. The van der Waals surface area contributed by atoms with Gasteiger partial charge < -0.3 is 9.64 Å². The molecule has 3 rings (SSSR count). The quantitative estimate of drug-likeness (QED) is 0.862. The van der Waals surface area contributed by atoms with E-state index in [9.17, 15) is 4.79 Å². The molecule has 1 amide bonds. The number of amides is 1. The zero-order valence-electron chi connectivity index (χ0n) is 11.4. The Morgan fingerprint density at radius 2 is 2.40 bits per heavy atom. The van der Waals surface area contributed by atoms with E-state index in [1.54, 1.807) is 24.6 Å². The van der Waals surface area contributed by atoms with Crippen molar-refractivity contribution < 1.29 is 9.53 Å². The molecule has 1 aliphatic heterocycles. The summed E-state index contributed by atoms with van der Waals surface area (Å²) in [5.41, 5.74) is 1.06. The van der Waals surface area contributed by atoms with Crippen LogP contribution in [0.4, 0.5) is 0 Å². The van der Waals surface area contributed by atoms with Crippen LogP contribution in [0.25, 0.3) is 0 Å². The van der Waals surface area contributed by atoms with Gasteiger partial charge in [-0.05, 0) is 17.5 Å². The van der Waals surface area contributed by atoms with Crippen LogP contribution in [-0.4, -0.2) is 40.3 Å². The van der Waals surface area contributed by atoms with Crippen LogP contribution >= 0.6 is 11.3 Å². The molecule has 0 saturated carbocycles. The molecule has 0 fully saturated rings. The van der Waals surface area contributed by atoms with Gasteiger partial charge in [0.25, 0.3) is 0 Å². The van der Waals surface area contributed by atoms with Crippen LogP contribution in [0.5, 0.6) is 0 Å². The Balaban J connectivity index is 1.76. The summed E-state index contributed by atoms with van der Waals surface area (Å²) in [5, 5.41) is 6.28. The zero-order valence-corrected chi connectivity index (χ0v) is 12.2. The Kier molecular flexibility index (Phi) is 3.84. The average Bonchev–Trinajstić information content (AvgIpc) is 3.06. The number of hydrogen-bond donors (Lipinski definition) is 0. The second kappa shape index (κ2) is 5.76. The van der Waals surface area contributed by atoms with E-state index in [-0.39, 0.29) is 12.0 Å². The third kappa shape index (κ3) is 2.76. The molecule has 3 heterocycles. The number of carbonyl (C=O) groups is 1. The Bertz CT molecular complexity index is 579. The Labute approximate surface area is 121 Å². The van der Waals surface area contributed by atoms with Gasteiger partial charge in [-0.2, -0.15) is 5.10 Å². The topological polar surface area (TPSA) is 47.4 Å². The van der Waals surface area contributed by atoms with Crippen molar-refractivity contribution in [2.45, 2.75) is 25.6 Å². The third-order valence-corrected chi connectivity index (χ3v) is 4.43. The molecular formula is C14H17N3O2S. The maximum atomic E-state index is 12.5. The van der Waals surface area contributed by atoms with Crippen molar-refractivity contribution in [2.24, 2.45) is 0 Å². The van der Waals surface area contributed by atoms with Gasteiger partial charge in [-0.3, -0.25) is 9.48 Å². The fraction of sp³-hybridized carbons (Fsp3) is 0.429. The standard InChI is InChI=1S/C14H17N3O2S/c1-19-12-9-16(8-11-4-5-15-17(11)10-12)14(18)7-13-3-2-6-20-13/h2-6,12H,7-10H2,1H3. The normalized spacial score (nSPS) is 18.6. The molecule has 0 aromatic carbocycles. The summed E-state index contributed by atoms with van der Waals surface area (Å²) in [6, 6.07) is 5.94. The number of ether oxygens (including phenoxy) is 1. The molecule has 0 N–H and O–H groups in total. The lowest BCUT2D eigenvalue weighted by Gasteiger charge is -2.23. The number of carbonyl (C=O) groups excluding carboxylic acids is 1. The van der Waals surface area contributed by atoms with Crippen molar-refractivity contribution in [1.82, 2.24) is 14.7 Å². The maximum absolute atomic E-state index is 12.5. The molecule has 1 unspecified atom stereocenters. The molecule has 6 heteroatoms. The van der Waals surface area contributed by atoms with Gasteiger partial charge >= 0.3 is 0 Å². The van der Waals surface area contributed by atoms with Gasteiger partial charge in [0, 0.05) is 24.7 Å². The lowest BCUT2D eigenvalue weighted by molar-refractivity contribution is -0.132. The summed E-state index contributed by atoms with van der Waals surface area (Å²) < 4.78 is 7.38. The van der Waals surface area contributed by atoms with E-state index in [1.165, 1.54) is 0 Å². The van der Waals surface area contributed by atoms with Crippen LogP contribution < -0.4 is 0 Å². The van der Waals surface area contributed by atoms with Crippen molar-refractivity contribution in [3.05, 3.63) is 40.3 Å². The Morgan fingerprint density at radius 3 is 3.15 bits per heavy atom. The van der Waals surface area contributed by atoms with Crippen LogP contribution in [0.15, 0.2) is 29.8 Å². The molecule has 106 valence electrons. The van der Waals surface area contributed by atoms with Gasteiger partial charge in [0.15, 0.2) is 0 Å². The van der Waals surface area contributed by atoms with Crippen molar-refractivity contribution in [1.29, 1.82) is 0 Å². The summed E-state index contributed by atoms with van der Waals surface area (Å²) in [4.78, 5) is 15.4. The van der Waals surface area contributed by atoms with Crippen LogP contribution in [0.1, 0.15) is 10.6 Å². The highest BCUT2D eigenvalue weighted by Gasteiger charge is 2.25. The van der Waals surface area contributed by atoms with Crippen LogP contribution in [0.3, 0.4) is 0 Å². The first-order valence-electron chi connectivity index (χ1n) is 6.60. The minimum atomic E-state index is -0.0107. The monoisotopic (exact) mass is 291 g/mol. The predicted molar refractivity (Wildman–Crippen MR) is 76.5 cm³/mol. The number of rotatable bonds is 3. The van der Waals surface area contributed by atoms with Gasteiger partial charge in [-0.25, -0.2) is 0 Å². The molecule has 0 bridgehead atoms. The number of aromatic nitrogens is 2. The van der Waals surface area contributed by atoms with E-state index in [4.69, 9.17) is 4.74 Å². The number of nitrogens with zero attached hydrogens (tertiary/aromatic N) is 3. The molecule has 0 saturated heterocycles. The first kappa shape index (κ1) is 13.3. The van der Waals surface area contributed by atoms with E-state index in [0.29, 0.717) is 26.1 Å². The fourth-order valence-electron chi connectivity index (χ4n) is 2.43. The minimum Gasteiger partial charge on any atom is -0.378 e. The van der Waals surface area contributed by atoms with Crippen LogP contribution in [-0.2, 0) is 29.0 Å². The summed E-state index contributed by atoms with van der Waals surface area (Å²) in [6.07, 6.45) is 2.22. The average molecular weight is 291 g/mol. The Hall–Kier alpha value is -1.66. The fourth-order valence-corrected chi connectivity index (χ4v) is 3.12. The molecule has 0 aliphatic carbocycles. The van der Waals surface area contributed by atoms with Gasteiger partial charge in [0.05, 0.1) is 31.3 Å². The van der Waals surface area contributed by atoms with Gasteiger partial charge in [-0.15, -0.1) is 11.3 Å². The van der Waals surface area contributed by atoms with Crippen molar-refractivity contribution >= 4 is 17.2 Å². The van der Waals surface area contributed by atoms with E-state index in [1.807, 2.05) is 33.2 Å². The van der Waals surface area contributed by atoms with Crippen molar-refractivity contribution in [3.8, 4) is 0 Å². The van der Waals surface area contributed by atoms with Crippen LogP contribution in [0.2, 0.25) is 0 Å². The maximum Gasteiger partial charge on any atom is 0.228 e. The lowest BCUT2D eigenvalue weighted by Crippen LogP contribution is -2.37. The lowest BCUT2D eigenvalue weighted by atomic mass is 10.2. The first-order chi connectivity index (χ1) is 9.76. The molecule has 1 aliphatic rings. The smallest absolute Gasteiger partial charge is 0.228 e. The largest absolute Gasteiger partial charge is 0.378 e.